The summed E-state index contributed by atoms with van der Waals surface area (Å²) in [5.41, 5.74) is -2.81. The van der Waals surface area contributed by atoms with Crippen LogP contribution in [0.1, 0.15) is 39.4 Å². The molecule has 0 aliphatic carbocycles. The van der Waals surface area contributed by atoms with E-state index < -0.39 is 41.6 Å². The van der Waals surface area contributed by atoms with Crippen LogP contribution in [-0.4, -0.2) is 29.4 Å². The van der Waals surface area contributed by atoms with Crippen molar-refractivity contribution in [2.75, 3.05) is 16.8 Å². The van der Waals surface area contributed by atoms with Crippen LogP contribution in [0.2, 0.25) is 0 Å². The smallest absolute Gasteiger partial charge is 0.355 e. The first-order valence-corrected chi connectivity index (χ1v) is 9.21. The van der Waals surface area contributed by atoms with Gasteiger partial charge in [0.25, 0.3) is 11.8 Å². The Kier molecular flexibility index (Phi) is 4.53. The van der Waals surface area contributed by atoms with E-state index in [2.05, 4.69) is 0 Å². The highest BCUT2D eigenvalue weighted by atomic mass is 32.1. The number of carbonyl (C=O) groups is 2. The van der Waals surface area contributed by atoms with Crippen molar-refractivity contribution in [3.8, 4) is 6.07 Å². The highest BCUT2D eigenvalue weighted by Gasteiger charge is 2.50. The van der Waals surface area contributed by atoms with Crippen LogP contribution in [0.4, 0.5) is 24.5 Å². The number of anilines is 2. The van der Waals surface area contributed by atoms with Gasteiger partial charge in [0.05, 0.1) is 22.9 Å². The summed E-state index contributed by atoms with van der Waals surface area (Å²) in [7, 11) is 0. The summed E-state index contributed by atoms with van der Waals surface area (Å²) in [5.74, 6) is -1.43. The van der Waals surface area contributed by atoms with Crippen LogP contribution in [0.25, 0.3) is 0 Å². The average molecular weight is 449 g/mol. The maximum atomic E-state index is 13.4. The zero-order valence-electron chi connectivity index (χ0n) is 19.2. The third kappa shape index (κ3) is 3.72. The van der Waals surface area contributed by atoms with Gasteiger partial charge < -0.3 is 10.2 Å². The molecule has 2 aromatic carbocycles. The Morgan fingerprint density at radius 3 is 2.35 bits per heavy atom. The lowest BCUT2D eigenvalue weighted by atomic mass is 10.0. The Balaban J connectivity index is 1.99. The van der Waals surface area contributed by atoms with Gasteiger partial charge in [0.1, 0.15) is 5.54 Å². The fraction of sp³-hybridized carbons (Fsp3) is 0.238. The summed E-state index contributed by atoms with van der Waals surface area (Å²) in [6.07, 6.45) is -4.81. The largest absolute Gasteiger partial charge is 0.417 e. The monoisotopic (exact) mass is 449 g/mol. The van der Waals surface area contributed by atoms with E-state index in [1.807, 2.05) is 5.32 Å². The van der Waals surface area contributed by atoms with Crippen LogP contribution < -0.4 is 15.1 Å². The molecule has 0 aromatic heterocycles. The van der Waals surface area contributed by atoms with Crippen molar-refractivity contribution in [1.82, 2.24) is 5.32 Å². The van der Waals surface area contributed by atoms with Gasteiger partial charge >= 0.3 is 6.18 Å². The first-order valence-electron chi connectivity index (χ1n) is 10.3. The van der Waals surface area contributed by atoms with E-state index >= 15 is 0 Å². The van der Waals surface area contributed by atoms with Crippen molar-refractivity contribution in [3.05, 3.63) is 59.2 Å². The quantitative estimate of drug-likeness (QED) is 0.721. The Hall–Kier alpha value is -3.45. The van der Waals surface area contributed by atoms with E-state index in [-0.39, 0.29) is 16.4 Å². The maximum Gasteiger partial charge on any atom is 0.417 e. The lowest BCUT2D eigenvalue weighted by molar-refractivity contribution is -0.137. The number of rotatable bonds is 3. The molecule has 2 aromatic rings. The van der Waals surface area contributed by atoms with Gasteiger partial charge in [0.15, 0.2) is 5.11 Å². The highest BCUT2D eigenvalue weighted by Crippen LogP contribution is 2.39. The van der Waals surface area contributed by atoms with E-state index in [4.69, 9.17) is 21.6 Å². The van der Waals surface area contributed by atoms with Gasteiger partial charge in [-0.1, -0.05) is 0 Å². The van der Waals surface area contributed by atoms with Gasteiger partial charge in [-0.15, -0.1) is 0 Å². The number of hydrogen-bond acceptors (Lipinski definition) is 4. The minimum atomic E-state index is -4.81. The van der Waals surface area contributed by atoms with Gasteiger partial charge in [0.2, 0.25) is 0 Å². The molecule has 0 unspecified atom stereocenters. The third-order valence-corrected chi connectivity index (χ3v) is 5.22. The first-order chi connectivity index (χ1) is 15.6. The van der Waals surface area contributed by atoms with Crippen molar-refractivity contribution >= 4 is 40.5 Å². The van der Waals surface area contributed by atoms with Crippen LogP contribution >= 0.6 is 12.2 Å². The molecule has 1 fully saturated rings. The summed E-state index contributed by atoms with van der Waals surface area (Å²) in [6.45, 7) is 0.397. The topological polar surface area (TPSA) is 76.4 Å². The SMILES string of the molecule is [2H]C([2H])([2H])NC(=O)c1ccc(N2C(=S)N(c3ccc(C#N)c(C(F)(F)F)c3)C(=O)C2(C)C)cc1. The number of nitrogens with one attached hydrogen (secondary N) is 1. The molecule has 0 saturated carbocycles. The Morgan fingerprint density at radius 2 is 1.81 bits per heavy atom. The molecule has 31 heavy (non-hydrogen) atoms. The maximum absolute atomic E-state index is 13.4. The standard InChI is InChI=1S/C21H17F3N4O2S/c1-20(2)18(30)27(15-9-6-13(11-25)16(10-15)21(22,23)24)19(31)28(20)14-7-4-12(5-8-14)17(29)26-3/h4-10H,1-3H3,(H,26,29)/i3D3. The molecule has 0 bridgehead atoms. The molecule has 3 rings (SSSR count). The zero-order valence-corrected chi connectivity index (χ0v) is 17.1. The molecule has 2 amide bonds. The minimum absolute atomic E-state index is 0.0490. The van der Waals surface area contributed by atoms with Gasteiger partial charge in [-0.25, -0.2) is 0 Å². The van der Waals surface area contributed by atoms with E-state index in [9.17, 15) is 22.8 Å². The van der Waals surface area contributed by atoms with Crippen LogP contribution in [0.15, 0.2) is 42.5 Å². The summed E-state index contributed by atoms with van der Waals surface area (Å²) < 4.78 is 61.6. The van der Waals surface area contributed by atoms with Crippen LogP contribution in [0.5, 0.6) is 0 Å². The number of carbonyl (C=O) groups excluding carboxylic acids is 2. The lowest BCUT2D eigenvalue weighted by Gasteiger charge is -2.29. The van der Waals surface area contributed by atoms with Crippen molar-refractivity contribution in [2.24, 2.45) is 0 Å². The molecule has 1 aliphatic heterocycles. The van der Waals surface area contributed by atoms with E-state index in [1.165, 1.54) is 55.1 Å². The fourth-order valence-corrected chi connectivity index (χ4v) is 3.82. The molecule has 1 N–H and O–H groups in total. The Bertz CT molecular complexity index is 1220. The zero-order chi connectivity index (χ0) is 25.6. The Morgan fingerprint density at radius 1 is 1.19 bits per heavy atom. The van der Waals surface area contributed by atoms with E-state index in [0.717, 1.165) is 11.0 Å². The lowest BCUT2D eigenvalue weighted by Crippen LogP contribution is -2.44. The highest BCUT2D eigenvalue weighted by molar-refractivity contribution is 7.81. The molecule has 1 heterocycles. The second-order valence-electron chi connectivity index (χ2n) is 7.16. The van der Waals surface area contributed by atoms with Crippen molar-refractivity contribution in [3.63, 3.8) is 0 Å². The molecule has 0 spiro atoms. The van der Waals surface area contributed by atoms with Crippen molar-refractivity contribution < 1.29 is 26.9 Å². The Labute approximate surface area is 186 Å². The van der Waals surface area contributed by atoms with Gasteiger partial charge in [-0.2, -0.15) is 18.4 Å². The predicted octanol–water partition coefficient (Wildman–Crippen LogP) is 3.85. The predicted molar refractivity (Wildman–Crippen MR) is 113 cm³/mol. The van der Waals surface area contributed by atoms with E-state index in [0.29, 0.717) is 11.8 Å². The molecule has 10 heteroatoms. The number of halogens is 3. The van der Waals surface area contributed by atoms with Gasteiger partial charge in [-0.05, 0) is 68.5 Å². The van der Waals surface area contributed by atoms with Crippen LogP contribution in [0, 0.1) is 11.3 Å². The molecule has 160 valence electrons. The van der Waals surface area contributed by atoms with Crippen LogP contribution in [0.3, 0.4) is 0 Å². The minimum Gasteiger partial charge on any atom is -0.355 e. The number of nitrogens with zero attached hydrogens (tertiary/aromatic N) is 3. The average Bonchev–Trinajstić information content (AvgIpc) is 2.89. The molecule has 0 atom stereocenters. The van der Waals surface area contributed by atoms with Gasteiger partial charge in [-0.3, -0.25) is 14.5 Å². The molecule has 1 saturated heterocycles. The molecule has 1 aliphatic rings. The number of nitriles is 1. The summed E-state index contributed by atoms with van der Waals surface area (Å²) >= 11 is 5.44. The fourth-order valence-electron chi connectivity index (χ4n) is 3.29. The van der Waals surface area contributed by atoms with E-state index in [1.54, 1.807) is 0 Å². The number of hydrogen-bond donors (Lipinski definition) is 1. The third-order valence-electron chi connectivity index (χ3n) is 4.86. The molecular weight excluding hydrogens is 429 g/mol. The molecule has 6 nitrogen and oxygen atoms in total. The summed E-state index contributed by atoms with van der Waals surface area (Å²) in [6, 6.07) is 9.93. The second kappa shape index (κ2) is 7.67. The van der Waals surface area contributed by atoms with Gasteiger partial charge in [0, 0.05) is 22.3 Å². The number of benzene rings is 2. The number of alkyl halides is 3. The number of thiocarbonyl (C=S) groups is 1. The molecular formula is C21H17F3N4O2S. The normalized spacial score (nSPS) is 17.6. The van der Waals surface area contributed by atoms with Crippen molar-refractivity contribution in [2.45, 2.75) is 25.6 Å². The number of amides is 2. The van der Waals surface area contributed by atoms with Crippen molar-refractivity contribution in [1.29, 1.82) is 5.26 Å². The molecule has 0 radical (unpaired) electrons. The summed E-state index contributed by atoms with van der Waals surface area (Å²) in [5, 5.41) is 10.8. The van der Waals surface area contributed by atoms with Crippen LogP contribution in [-0.2, 0) is 11.0 Å². The summed E-state index contributed by atoms with van der Waals surface area (Å²) in [4.78, 5) is 27.6. The first kappa shape index (κ1) is 18.3. The second-order valence-corrected chi connectivity index (χ2v) is 7.52.